The number of hydrogen-bond acceptors (Lipinski definition) is 2. The van der Waals surface area contributed by atoms with Gasteiger partial charge in [0.05, 0.1) is 5.56 Å². The summed E-state index contributed by atoms with van der Waals surface area (Å²) in [6.07, 6.45) is 19.5. The number of ketones is 1. The molecule has 2 aliphatic carbocycles. The summed E-state index contributed by atoms with van der Waals surface area (Å²) in [6, 6.07) is 5.43. The van der Waals surface area contributed by atoms with Crippen molar-refractivity contribution in [2.24, 2.45) is 0 Å². The van der Waals surface area contributed by atoms with Crippen molar-refractivity contribution in [2.75, 3.05) is 0 Å². The van der Waals surface area contributed by atoms with Crippen LogP contribution in [0.3, 0.4) is 0 Å². The largest absolute Gasteiger partial charge is 2.00 e. The van der Waals surface area contributed by atoms with E-state index in [1.807, 2.05) is 63.9 Å². The number of hydrogen-bond donors (Lipinski definition) is 0. The van der Waals surface area contributed by atoms with Crippen LogP contribution in [0.5, 0.6) is 5.75 Å². The SMILES string of the molecule is O=C1/C(=C/[C]2[CH][CH][CH][CH]2)Oc2ccc(Br)cc21.[CH]1[CH][CH][CH][CH]1.[Fe+2]. The van der Waals surface area contributed by atoms with Crippen LogP contribution in [0.1, 0.15) is 10.4 Å². The van der Waals surface area contributed by atoms with E-state index in [0.29, 0.717) is 17.1 Å². The monoisotopic (exact) mass is 408 g/mol. The maximum atomic E-state index is 12.1. The molecule has 0 N–H and O–H groups in total. The van der Waals surface area contributed by atoms with Gasteiger partial charge in [0.25, 0.3) is 0 Å². The maximum absolute atomic E-state index is 12.1. The Morgan fingerprint density at radius 3 is 2.13 bits per heavy atom. The predicted octanol–water partition coefficient (Wildman–Crippen LogP) is 4.33. The van der Waals surface area contributed by atoms with Crippen LogP contribution >= 0.6 is 15.9 Å². The first-order valence-electron chi connectivity index (χ1n) is 6.86. The molecule has 0 aromatic heterocycles. The fourth-order valence-electron chi connectivity index (χ4n) is 2.12. The molecule has 10 radical (unpaired) electrons. The number of allylic oxidation sites excluding steroid dienone is 2. The summed E-state index contributed by atoms with van der Waals surface area (Å²) in [6.45, 7) is 0. The number of ether oxygens (including phenoxy) is 1. The molecule has 4 rings (SSSR count). The van der Waals surface area contributed by atoms with Crippen molar-refractivity contribution in [3.8, 4) is 5.75 Å². The second kappa shape index (κ2) is 9.05. The number of halogens is 1. The smallest absolute Gasteiger partial charge is 0.453 e. The molecule has 23 heavy (non-hydrogen) atoms. The molecule has 0 atom stereocenters. The summed E-state index contributed by atoms with van der Waals surface area (Å²) >= 11 is 3.35. The first-order valence-corrected chi connectivity index (χ1v) is 7.65. The van der Waals surface area contributed by atoms with Gasteiger partial charge in [0.15, 0.2) is 5.76 Å². The minimum absolute atomic E-state index is 0. The molecule has 4 heteroatoms. The van der Waals surface area contributed by atoms with E-state index in [1.54, 1.807) is 18.2 Å². The molecule has 2 nitrogen and oxygen atoms in total. The summed E-state index contributed by atoms with van der Waals surface area (Å²) < 4.78 is 6.42. The zero-order valence-corrected chi connectivity index (χ0v) is 14.7. The molecule has 1 aromatic rings. The molecule has 0 bridgehead atoms. The van der Waals surface area contributed by atoms with Gasteiger partial charge in [0.2, 0.25) is 5.78 Å². The Morgan fingerprint density at radius 1 is 0.913 bits per heavy atom. The predicted molar refractivity (Wildman–Crippen MR) is 89.1 cm³/mol. The average Bonchev–Trinajstić information content (AvgIpc) is 3.26. The normalized spacial score (nSPS) is 21.4. The number of benzene rings is 1. The number of fused-ring (bicyclic) bond motifs is 1. The zero-order chi connectivity index (χ0) is 15.4. The average molecular weight is 409 g/mol. The minimum atomic E-state index is -0.0671. The van der Waals surface area contributed by atoms with Crippen molar-refractivity contribution in [1.29, 1.82) is 0 Å². The molecule has 0 unspecified atom stereocenters. The van der Waals surface area contributed by atoms with Gasteiger partial charge in [0.1, 0.15) is 5.75 Å². The van der Waals surface area contributed by atoms with Crippen LogP contribution in [0.25, 0.3) is 0 Å². The van der Waals surface area contributed by atoms with E-state index < -0.39 is 0 Å². The van der Waals surface area contributed by atoms with Crippen LogP contribution in [0.4, 0.5) is 0 Å². The molecule has 1 aromatic carbocycles. The third kappa shape index (κ3) is 4.95. The van der Waals surface area contributed by atoms with Crippen LogP contribution in [0.15, 0.2) is 34.5 Å². The van der Waals surface area contributed by atoms with Gasteiger partial charge in [0, 0.05) is 10.4 Å². The molecule has 114 valence electrons. The van der Waals surface area contributed by atoms with E-state index in [0.717, 1.165) is 10.4 Å². The van der Waals surface area contributed by atoms with Gasteiger partial charge >= 0.3 is 17.1 Å². The molecule has 1 heterocycles. The van der Waals surface area contributed by atoms with Gasteiger partial charge in [-0.3, -0.25) is 4.79 Å². The molecule has 2 fully saturated rings. The third-order valence-electron chi connectivity index (χ3n) is 3.17. The summed E-state index contributed by atoms with van der Waals surface area (Å²) in [7, 11) is 0. The topological polar surface area (TPSA) is 26.3 Å². The van der Waals surface area contributed by atoms with Gasteiger partial charge in [-0.25, -0.2) is 0 Å². The fraction of sp³-hybridized carbons (Fsp3) is 0. The first kappa shape index (κ1) is 18.8. The maximum Gasteiger partial charge on any atom is 2.00 e. The Balaban J connectivity index is 0.000000276. The molecule has 3 aliphatic rings. The molecule has 2 saturated carbocycles. The van der Waals surface area contributed by atoms with Crippen LogP contribution in [-0.2, 0) is 17.1 Å². The van der Waals surface area contributed by atoms with Crippen molar-refractivity contribution in [3.05, 3.63) is 104 Å². The summed E-state index contributed by atoms with van der Waals surface area (Å²) in [5, 5.41) is 0. The van der Waals surface area contributed by atoms with Crippen molar-refractivity contribution < 1.29 is 26.6 Å². The quantitative estimate of drug-likeness (QED) is 0.510. The molecule has 0 amide bonds. The Kier molecular flexibility index (Phi) is 7.39. The second-order valence-electron chi connectivity index (χ2n) is 4.76. The Hall–Kier alpha value is -0.571. The third-order valence-corrected chi connectivity index (χ3v) is 3.66. The van der Waals surface area contributed by atoms with E-state index in [4.69, 9.17) is 4.74 Å². The number of carbonyl (C=O) groups is 1. The van der Waals surface area contributed by atoms with E-state index in [9.17, 15) is 4.79 Å². The number of rotatable bonds is 1. The van der Waals surface area contributed by atoms with Gasteiger partial charge in [-0.2, -0.15) is 0 Å². The second-order valence-corrected chi connectivity index (χ2v) is 5.68. The molecule has 1 aliphatic heterocycles. The van der Waals surface area contributed by atoms with E-state index in [-0.39, 0.29) is 22.9 Å². The van der Waals surface area contributed by atoms with Crippen molar-refractivity contribution >= 4 is 21.7 Å². The molecule has 0 spiro atoms. The van der Waals surface area contributed by atoms with Crippen molar-refractivity contribution in [2.45, 2.75) is 0 Å². The first-order chi connectivity index (χ1) is 10.7. The van der Waals surface area contributed by atoms with Crippen LogP contribution in [0, 0.1) is 63.7 Å². The van der Waals surface area contributed by atoms with Gasteiger partial charge in [-0.05, 0) is 82.1 Å². The van der Waals surface area contributed by atoms with Crippen molar-refractivity contribution in [1.82, 2.24) is 0 Å². The Labute approximate surface area is 157 Å². The zero-order valence-electron chi connectivity index (χ0n) is 12.1. The van der Waals surface area contributed by atoms with Gasteiger partial charge < -0.3 is 4.74 Å². The van der Waals surface area contributed by atoms with Gasteiger partial charge in [-0.15, -0.1) is 0 Å². The standard InChI is InChI=1S/C14H8BrO2.C5H5.Fe/c15-10-5-6-12-11(8-10)14(16)13(17-12)7-9-3-1-2-4-9;1-2-4-5-3-1;/h1-8H;1-5H;/q;;+2/b13-7-;;. The van der Waals surface area contributed by atoms with Crippen LogP contribution < -0.4 is 4.74 Å². The van der Waals surface area contributed by atoms with Gasteiger partial charge in [-0.1, -0.05) is 15.9 Å². The van der Waals surface area contributed by atoms with Crippen molar-refractivity contribution in [3.63, 3.8) is 0 Å². The Morgan fingerprint density at radius 2 is 1.52 bits per heavy atom. The molecule has 0 saturated heterocycles. The summed E-state index contributed by atoms with van der Waals surface area (Å²) in [5.41, 5.74) is 0.609. The number of carbonyl (C=O) groups excluding carboxylic acids is 1. The Bertz CT molecular complexity index is 565. The molecular formula is C19H13BrFeO2+2. The van der Waals surface area contributed by atoms with Crippen LogP contribution in [-0.4, -0.2) is 5.78 Å². The summed E-state index contributed by atoms with van der Waals surface area (Å²) in [4.78, 5) is 12.1. The van der Waals surface area contributed by atoms with E-state index in [1.165, 1.54) is 0 Å². The summed E-state index contributed by atoms with van der Waals surface area (Å²) in [5.74, 6) is 1.91. The molecular weight excluding hydrogens is 396 g/mol. The van der Waals surface area contributed by atoms with E-state index >= 15 is 0 Å². The number of Topliss-reactive ketones (excluding diaryl/α,β-unsaturated/α-hetero) is 1. The minimum Gasteiger partial charge on any atom is -0.453 e. The van der Waals surface area contributed by atoms with E-state index in [2.05, 4.69) is 15.9 Å². The van der Waals surface area contributed by atoms with Crippen LogP contribution in [0.2, 0.25) is 0 Å². The fourth-order valence-corrected chi connectivity index (χ4v) is 2.48.